The number of nitrogens with zero attached hydrogens (tertiary/aromatic N) is 2. The molecule has 0 atom stereocenters. The lowest BCUT2D eigenvalue weighted by atomic mass is 10.0. The number of amides is 2. The van der Waals surface area contributed by atoms with Crippen LogP contribution in [0.25, 0.3) is 10.8 Å². The fraction of sp³-hybridized carbons (Fsp3) is 0.200. The van der Waals surface area contributed by atoms with Gasteiger partial charge in [0, 0.05) is 31.7 Å². The second kappa shape index (κ2) is 10.5. The lowest BCUT2D eigenvalue weighted by Crippen LogP contribution is -2.49. The highest BCUT2D eigenvalue weighted by Gasteiger charge is 2.26. The summed E-state index contributed by atoms with van der Waals surface area (Å²) >= 11 is 6.64. The molecule has 37 heavy (non-hydrogen) atoms. The number of carbonyl (C=O) groups is 2. The van der Waals surface area contributed by atoms with Crippen molar-refractivity contribution in [2.45, 2.75) is 6.92 Å². The number of piperazine rings is 1. The molecule has 5 rings (SSSR count). The molecular weight excluding hydrogens is 486 g/mol. The summed E-state index contributed by atoms with van der Waals surface area (Å²) in [5.74, 6) is 0.248. The lowest BCUT2D eigenvalue weighted by Gasteiger charge is -2.37. The van der Waals surface area contributed by atoms with Crippen LogP contribution in [0.5, 0.6) is 5.75 Å². The smallest absolute Gasteiger partial charge is 0.259 e. The Morgan fingerprint density at radius 2 is 1.54 bits per heavy atom. The predicted octanol–water partition coefficient (Wildman–Crippen LogP) is 6.02. The van der Waals surface area contributed by atoms with Gasteiger partial charge in [0.1, 0.15) is 5.75 Å². The van der Waals surface area contributed by atoms with Crippen molar-refractivity contribution in [3.63, 3.8) is 0 Å². The molecule has 1 saturated heterocycles. The SMILES string of the molecule is COc1cc2ccccc2cc1C(=O)Nc1cccc(Cl)c1N1CCN(C(=O)c2ccc(C)cc2)CC1. The normalized spacial score (nSPS) is 13.5. The van der Waals surface area contributed by atoms with E-state index in [9.17, 15) is 9.59 Å². The third-order valence-corrected chi connectivity index (χ3v) is 7.03. The molecule has 4 aromatic rings. The molecule has 188 valence electrons. The monoisotopic (exact) mass is 513 g/mol. The fourth-order valence-corrected chi connectivity index (χ4v) is 5.00. The molecule has 1 N–H and O–H groups in total. The zero-order valence-corrected chi connectivity index (χ0v) is 21.6. The Kier molecular flexibility index (Phi) is 7.01. The van der Waals surface area contributed by atoms with E-state index in [1.165, 1.54) is 0 Å². The maximum atomic E-state index is 13.4. The topological polar surface area (TPSA) is 61.9 Å². The molecule has 1 heterocycles. The van der Waals surface area contributed by atoms with Gasteiger partial charge in [-0.25, -0.2) is 0 Å². The van der Waals surface area contributed by atoms with E-state index in [0.29, 0.717) is 53.8 Å². The van der Waals surface area contributed by atoms with Crippen LogP contribution in [0.3, 0.4) is 0 Å². The molecule has 4 aromatic carbocycles. The standard InChI is InChI=1S/C30H28ClN3O3/c1-20-10-12-21(13-11-20)30(36)34-16-14-33(15-17-34)28-25(31)8-5-9-26(28)32-29(35)24-18-22-6-3-4-7-23(22)19-27(24)37-2/h3-13,18-19H,14-17H2,1-2H3,(H,32,35). The van der Waals surface area contributed by atoms with E-state index >= 15 is 0 Å². The molecule has 0 aromatic heterocycles. The molecular formula is C30H28ClN3O3. The highest BCUT2D eigenvalue weighted by atomic mass is 35.5. The maximum absolute atomic E-state index is 13.4. The van der Waals surface area contributed by atoms with E-state index in [-0.39, 0.29) is 11.8 Å². The third kappa shape index (κ3) is 5.11. The van der Waals surface area contributed by atoms with Crippen molar-refractivity contribution in [3.05, 3.63) is 101 Å². The van der Waals surface area contributed by atoms with Crippen molar-refractivity contribution in [1.82, 2.24) is 4.90 Å². The molecule has 0 unspecified atom stereocenters. The number of fused-ring (bicyclic) bond motifs is 1. The van der Waals surface area contributed by atoms with Crippen LogP contribution < -0.4 is 15.0 Å². The minimum atomic E-state index is -0.278. The van der Waals surface area contributed by atoms with E-state index in [1.54, 1.807) is 7.11 Å². The molecule has 0 spiro atoms. The number of halogens is 1. The van der Waals surface area contributed by atoms with Crippen molar-refractivity contribution >= 4 is 45.6 Å². The van der Waals surface area contributed by atoms with Crippen molar-refractivity contribution in [1.29, 1.82) is 0 Å². The highest BCUT2D eigenvalue weighted by molar-refractivity contribution is 6.34. The summed E-state index contributed by atoms with van der Waals surface area (Å²) in [6.45, 7) is 4.32. The number of anilines is 2. The molecule has 2 amide bonds. The molecule has 0 radical (unpaired) electrons. The maximum Gasteiger partial charge on any atom is 0.259 e. The van der Waals surface area contributed by atoms with Crippen LogP contribution in [-0.2, 0) is 0 Å². The number of methoxy groups -OCH3 is 1. The van der Waals surface area contributed by atoms with Crippen LogP contribution in [0.1, 0.15) is 26.3 Å². The predicted molar refractivity (Wildman–Crippen MR) is 149 cm³/mol. The molecule has 6 nitrogen and oxygen atoms in total. The van der Waals surface area contributed by atoms with Gasteiger partial charge in [0.2, 0.25) is 0 Å². The van der Waals surface area contributed by atoms with Gasteiger partial charge >= 0.3 is 0 Å². The van der Waals surface area contributed by atoms with E-state index in [1.807, 2.05) is 90.7 Å². The van der Waals surface area contributed by atoms with Crippen LogP contribution in [0.4, 0.5) is 11.4 Å². The van der Waals surface area contributed by atoms with Crippen molar-refractivity contribution < 1.29 is 14.3 Å². The van der Waals surface area contributed by atoms with Gasteiger partial charge in [0.15, 0.2) is 0 Å². The number of ether oxygens (including phenoxy) is 1. The summed E-state index contributed by atoms with van der Waals surface area (Å²) in [6, 6.07) is 24.7. The van der Waals surface area contributed by atoms with Crippen LogP contribution in [0.15, 0.2) is 78.9 Å². The first-order chi connectivity index (χ1) is 17.9. The quantitative estimate of drug-likeness (QED) is 0.354. The van der Waals surface area contributed by atoms with Crippen LogP contribution in [0, 0.1) is 6.92 Å². The number of rotatable bonds is 5. The van der Waals surface area contributed by atoms with Gasteiger partial charge in [-0.3, -0.25) is 9.59 Å². The number of hydrogen-bond donors (Lipinski definition) is 1. The first-order valence-electron chi connectivity index (χ1n) is 12.2. The minimum Gasteiger partial charge on any atom is -0.496 e. The number of hydrogen-bond acceptors (Lipinski definition) is 4. The Hall–Kier alpha value is -4.03. The Bertz CT molecular complexity index is 1460. The van der Waals surface area contributed by atoms with Crippen molar-refractivity contribution in [2.75, 3.05) is 43.5 Å². The van der Waals surface area contributed by atoms with E-state index < -0.39 is 0 Å². The number of nitrogens with one attached hydrogen (secondary N) is 1. The average Bonchev–Trinajstić information content (AvgIpc) is 2.92. The molecule has 0 aliphatic carbocycles. The Labute approximate surface area is 221 Å². The van der Waals surface area contributed by atoms with E-state index in [0.717, 1.165) is 22.0 Å². The Balaban J connectivity index is 1.35. The van der Waals surface area contributed by atoms with Gasteiger partial charge in [-0.2, -0.15) is 0 Å². The minimum absolute atomic E-state index is 0.0238. The zero-order chi connectivity index (χ0) is 25.9. The second-order valence-corrected chi connectivity index (χ2v) is 9.54. The number of benzene rings is 4. The van der Waals surface area contributed by atoms with Crippen molar-refractivity contribution in [3.8, 4) is 5.75 Å². The van der Waals surface area contributed by atoms with Crippen molar-refractivity contribution in [2.24, 2.45) is 0 Å². The summed E-state index contributed by atoms with van der Waals surface area (Å²) in [7, 11) is 1.56. The first-order valence-corrected chi connectivity index (χ1v) is 12.6. The molecule has 7 heteroatoms. The lowest BCUT2D eigenvalue weighted by molar-refractivity contribution is 0.0746. The highest BCUT2D eigenvalue weighted by Crippen LogP contribution is 2.36. The zero-order valence-electron chi connectivity index (χ0n) is 20.8. The number of carbonyl (C=O) groups excluding carboxylic acids is 2. The summed E-state index contributed by atoms with van der Waals surface area (Å²) in [4.78, 5) is 30.3. The fourth-order valence-electron chi connectivity index (χ4n) is 4.70. The van der Waals surface area contributed by atoms with Gasteiger partial charge in [-0.15, -0.1) is 0 Å². The largest absolute Gasteiger partial charge is 0.496 e. The summed E-state index contributed by atoms with van der Waals surface area (Å²) in [5, 5.41) is 5.54. The number of para-hydroxylation sites is 1. The molecule has 1 fully saturated rings. The third-order valence-electron chi connectivity index (χ3n) is 6.73. The first kappa shape index (κ1) is 24.7. The summed E-state index contributed by atoms with van der Waals surface area (Å²) in [5.41, 5.74) is 3.62. The Morgan fingerprint density at radius 3 is 2.22 bits per heavy atom. The van der Waals surface area contributed by atoms with Gasteiger partial charge in [0.25, 0.3) is 11.8 Å². The average molecular weight is 514 g/mol. The molecule has 1 aliphatic rings. The molecule has 0 saturated carbocycles. The number of aryl methyl sites for hydroxylation is 1. The second-order valence-electron chi connectivity index (χ2n) is 9.14. The summed E-state index contributed by atoms with van der Waals surface area (Å²) in [6.07, 6.45) is 0. The molecule has 1 aliphatic heterocycles. The van der Waals surface area contributed by atoms with Crippen LogP contribution in [-0.4, -0.2) is 50.0 Å². The molecule has 0 bridgehead atoms. The van der Waals surface area contributed by atoms with Gasteiger partial charge in [-0.05, 0) is 54.1 Å². The van der Waals surface area contributed by atoms with Gasteiger partial charge in [0.05, 0.1) is 29.1 Å². The van der Waals surface area contributed by atoms with E-state index in [2.05, 4.69) is 10.2 Å². The van der Waals surface area contributed by atoms with E-state index in [4.69, 9.17) is 16.3 Å². The summed E-state index contributed by atoms with van der Waals surface area (Å²) < 4.78 is 5.52. The van der Waals surface area contributed by atoms with Gasteiger partial charge < -0.3 is 19.9 Å². The van der Waals surface area contributed by atoms with Crippen LogP contribution in [0.2, 0.25) is 5.02 Å². The van der Waals surface area contributed by atoms with Crippen LogP contribution >= 0.6 is 11.6 Å². The Morgan fingerprint density at radius 1 is 0.865 bits per heavy atom. The van der Waals surface area contributed by atoms with Gasteiger partial charge in [-0.1, -0.05) is 59.6 Å².